The number of nitriles is 1. The molecule has 2 N–H and O–H groups in total. The molecule has 3 amide bonds. The van der Waals surface area contributed by atoms with E-state index in [1.165, 1.54) is 33.7 Å². The predicted octanol–water partition coefficient (Wildman–Crippen LogP) is 3.32. The Hall–Kier alpha value is -4.25. The van der Waals surface area contributed by atoms with E-state index in [1.807, 2.05) is 6.07 Å². The molecule has 2 unspecified atom stereocenters. The number of carbonyl (C=O) groups excluding carboxylic acids is 2. The molecule has 12 nitrogen and oxygen atoms in total. The Kier molecular flexibility index (Phi) is 8.82. The van der Waals surface area contributed by atoms with Crippen LogP contribution in [0.1, 0.15) is 31.9 Å². The number of nitrogens with one attached hydrogen (secondary N) is 2. The third kappa shape index (κ3) is 6.27. The van der Waals surface area contributed by atoms with Crippen LogP contribution >= 0.6 is 11.6 Å². The van der Waals surface area contributed by atoms with Gasteiger partial charge in [0.1, 0.15) is 11.9 Å². The van der Waals surface area contributed by atoms with Crippen LogP contribution in [0.2, 0.25) is 5.02 Å². The van der Waals surface area contributed by atoms with Crippen LogP contribution in [0, 0.1) is 23.1 Å². The van der Waals surface area contributed by atoms with Crippen molar-refractivity contribution in [3.63, 3.8) is 0 Å². The third-order valence-electron chi connectivity index (χ3n) is 7.48. The number of anilines is 2. The molecule has 2 aromatic carbocycles. The molecular weight excluding hydrogens is 583 g/mol. The van der Waals surface area contributed by atoms with E-state index in [2.05, 4.69) is 10.6 Å². The van der Waals surface area contributed by atoms with Crippen LogP contribution in [0.25, 0.3) is 10.9 Å². The van der Waals surface area contributed by atoms with Crippen molar-refractivity contribution in [1.29, 1.82) is 5.26 Å². The summed E-state index contributed by atoms with van der Waals surface area (Å²) >= 11 is 6.04. The lowest BCUT2D eigenvalue weighted by Gasteiger charge is -2.32. The van der Waals surface area contributed by atoms with Crippen molar-refractivity contribution in [3.05, 3.63) is 67.6 Å². The average molecular weight is 613 g/mol. The highest BCUT2D eigenvalue weighted by Crippen LogP contribution is 2.24. The summed E-state index contributed by atoms with van der Waals surface area (Å²) < 4.78 is 28.8. The SMILES string of the molecule is CC(C)n1c(=O)n(CC2CCOC2)c(=O)c2cc(NC(=O)N3CCOC(C(=O)Nc4ccc(C#N)c(Cl)c4)C3)c(F)cc21. The number of morpholine rings is 1. The average Bonchev–Trinajstić information content (AvgIpc) is 3.49. The molecule has 2 aliphatic heterocycles. The van der Waals surface area contributed by atoms with E-state index in [4.69, 9.17) is 26.3 Å². The molecule has 2 saturated heterocycles. The Morgan fingerprint density at radius 2 is 1.98 bits per heavy atom. The van der Waals surface area contributed by atoms with Gasteiger partial charge >= 0.3 is 11.7 Å². The topological polar surface area (TPSA) is 148 Å². The first kappa shape index (κ1) is 30.2. The van der Waals surface area contributed by atoms with Gasteiger partial charge in [0.2, 0.25) is 0 Å². The maximum atomic E-state index is 15.3. The molecule has 43 heavy (non-hydrogen) atoms. The highest BCUT2D eigenvalue weighted by atomic mass is 35.5. The maximum absolute atomic E-state index is 15.3. The van der Waals surface area contributed by atoms with Crippen molar-refractivity contribution >= 4 is 45.8 Å². The van der Waals surface area contributed by atoms with Crippen LogP contribution in [0.3, 0.4) is 0 Å². The van der Waals surface area contributed by atoms with E-state index in [9.17, 15) is 19.2 Å². The van der Waals surface area contributed by atoms with Crippen LogP contribution < -0.4 is 21.9 Å². The van der Waals surface area contributed by atoms with Crippen molar-refractivity contribution in [2.24, 2.45) is 5.92 Å². The molecule has 3 aromatic rings. The van der Waals surface area contributed by atoms with Gasteiger partial charge in [-0.3, -0.25) is 18.7 Å². The summed E-state index contributed by atoms with van der Waals surface area (Å²) in [7, 11) is 0. The van der Waals surface area contributed by atoms with Crippen molar-refractivity contribution < 1.29 is 23.5 Å². The second-order valence-corrected chi connectivity index (χ2v) is 11.2. The summed E-state index contributed by atoms with van der Waals surface area (Å²) in [6, 6.07) is 7.62. The summed E-state index contributed by atoms with van der Waals surface area (Å²) in [6.07, 6.45) is -0.307. The molecule has 5 rings (SSSR count). The van der Waals surface area contributed by atoms with Gasteiger partial charge in [0.25, 0.3) is 11.5 Å². The predicted molar refractivity (Wildman–Crippen MR) is 157 cm³/mol. The molecule has 0 radical (unpaired) electrons. The lowest BCUT2D eigenvalue weighted by atomic mass is 10.1. The fourth-order valence-corrected chi connectivity index (χ4v) is 5.46. The number of ether oxygens (including phenoxy) is 2. The Balaban J connectivity index is 1.36. The smallest absolute Gasteiger partial charge is 0.331 e. The van der Waals surface area contributed by atoms with Gasteiger partial charge in [0.15, 0.2) is 6.10 Å². The Morgan fingerprint density at radius 3 is 2.65 bits per heavy atom. The van der Waals surface area contributed by atoms with Crippen LogP contribution in [0.5, 0.6) is 0 Å². The van der Waals surface area contributed by atoms with Crippen molar-refractivity contribution in [2.45, 2.75) is 39.0 Å². The van der Waals surface area contributed by atoms with Crippen LogP contribution in [0.15, 0.2) is 39.9 Å². The first-order valence-corrected chi connectivity index (χ1v) is 14.2. The van der Waals surface area contributed by atoms with Gasteiger partial charge in [-0.05, 0) is 44.5 Å². The molecular formula is C29H30ClFN6O6. The van der Waals surface area contributed by atoms with Gasteiger partial charge in [-0.1, -0.05) is 11.6 Å². The van der Waals surface area contributed by atoms with E-state index < -0.39 is 35.1 Å². The lowest BCUT2D eigenvalue weighted by Crippen LogP contribution is -2.51. The molecule has 14 heteroatoms. The molecule has 1 aromatic heterocycles. The number of nitrogens with zero attached hydrogens (tertiary/aromatic N) is 4. The van der Waals surface area contributed by atoms with Crippen LogP contribution in [-0.4, -0.2) is 65.0 Å². The van der Waals surface area contributed by atoms with Crippen molar-refractivity contribution in [2.75, 3.05) is 43.5 Å². The van der Waals surface area contributed by atoms with E-state index >= 15 is 4.39 Å². The Bertz CT molecular complexity index is 1740. The number of hydrogen-bond acceptors (Lipinski definition) is 7. The zero-order valence-corrected chi connectivity index (χ0v) is 24.3. The molecule has 0 spiro atoms. The van der Waals surface area contributed by atoms with E-state index in [-0.39, 0.29) is 65.4 Å². The number of urea groups is 1. The first-order valence-electron chi connectivity index (χ1n) is 13.8. The number of benzene rings is 2. The number of aromatic nitrogens is 2. The fraction of sp³-hybridized carbons (Fsp3) is 0.414. The molecule has 0 bridgehead atoms. The highest BCUT2D eigenvalue weighted by molar-refractivity contribution is 6.32. The molecule has 226 valence electrons. The summed E-state index contributed by atoms with van der Waals surface area (Å²) in [5.41, 5.74) is -0.609. The van der Waals surface area contributed by atoms with Crippen molar-refractivity contribution in [1.82, 2.24) is 14.0 Å². The number of amides is 3. The van der Waals surface area contributed by atoms with Gasteiger partial charge in [-0.25, -0.2) is 14.0 Å². The number of halogens is 2. The van der Waals surface area contributed by atoms with Gasteiger partial charge in [0, 0.05) is 43.4 Å². The number of fused-ring (bicyclic) bond motifs is 1. The fourth-order valence-electron chi connectivity index (χ4n) is 5.23. The standard InChI is InChI=1S/C29H30ClFN6O6/c1-16(2)37-24-11-22(31)23(10-20(24)27(39)36(29(37)41)13-17-5-7-42-15-17)34-28(40)35-6-8-43-25(14-35)26(38)33-19-4-3-18(12-32)21(30)9-19/h3-4,9-11,16-17,25H,5-8,13-15H2,1-2H3,(H,33,38)(H,34,40). The van der Waals surface area contributed by atoms with Gasteiger partial charge in [-0.15, -0.1) is 0 Å². The van der Waals surface area contributed by atoms with Crippen LogP contribution in [0.4, 0.5) is 20.6 Å². The third-order valence-corrected chi connectivity index (χ3v) is 7.80. The van der Waals surface area contributed by atoms with E-state index in [0.717, 1.165) is 17.1 Å². The molecule has 3 heterocycles. The summed E-state index contributed by atoms with van der Waals surface area (Å²) in [5, 5.41) is 14.4. The number of carbonyl (C=O) groups is 2. The second-order valence-electron chi connectivity index (χ2n) is 10.8. The minimum Gasteiger partial charge on any atom is -0.381 e. The molecule has 0 saturated carbocycles. The van der Waals surface area contributed by atoms with Gasteiger partial charge in [0.05, 0.1) is 46.9 Å². The second kappa shape index (κ2) is 12.5. The van der Waals surface area contributed by atoms with E-state index in [0.29, 0.717) is 18.9 Å². The zero-order valence-electron chi connectivity index (χ0n) is 23.6. The van der Waals surface area contributed by atoms with Crippen LogP contribution in [-0.2, 0) is 20.8 Å². The molecule has 2 fully saturated rings. The molecule has 0 aliphatic carbocycles. The number of hydrogen-bond donors (Lipinski definition) is 2. The van der Waals surface area contributed by atoms with Crippen molar-refractivity contribution in [3.8, 4) is 6.07 Å². The van der Waals surface area contributed by atoms with Gasteiger partial charge < -0.3 is 25.0 Å². The number of rotatable bonds is 6. The minimum atomic E-state index is -1.03. The highest BCUT2D eigenvalue weighted by Gasteiger charge is 2.30. The largest absolute Gasteiger partial charge is 0.381 e. The van der Waals surface area contributed by atoms with Gasteiger partial charge in [-0.2, -0.15) is 5.26 Å². The quantitative estimate of drug-likeness (QED) is 0.434. The Labute approximate surface area is 250 Å². The first-order chi connectivity index (χ1) is 20.6. The molecule has 2 atom stereocenters. The summed E-state index contributed by atoms with van der Waals surface area (Å²) in [5.74, 6) is -1.35. The Morgan fingerprint density at radius 1 is 1.19 bits per heavy atom. The normalized spacial score (nSPS) is 18.6. The minimum absolute atomic E-state index is 0.00319. The monoisotopic (exact) mass is 612 g/mol. The zero-order chi connectivity index (χ0) is 30.8. The summed E-state index contributed by atoms with van der Waals surface area (Å²) in [4.78, 5) is 54.1. The maximum Gasteiger partial charge on any atom is 0.331 e. The lowest BCUT2D eigenvalue weighted by molar-refractivity contribution is -0.131. The summed E-state index contributed by atoms with van der Waals surface area (Å²) in [6.45, 7) is 4.76. The van der Waals surface area contributed by atoms with E-state index in [1.54, 1.807) is 13.8 Å². The molecule has 2 aliphatic rings.